The first-order valence-electron chi connectivity index (χ1n) is 14.3. The second-order valence-corrected chi connectivity index (χ2v) is 11.1. The molecule has 3 amide bonds. The number of aromatic nitrogens is 3. The molecule has 10 heteroatoms. The number of carbonyl (C=O) groups excluding carboxylic acids is 3. The zero-order valence-corrected chi connectivity index (χ0v) is 23.3. The molecule has 0 saturated heterocycles. The Morgan fingerprint density at radius 2 is 1.82 bits per heavy atom. The van der Waals surface area contributed by atoms with Crippen molar-refractivity contribution in [3.05, 3.63) is 48.5 Å². The fourth-order valence-electron chi connectivity index (χ4n) is 5.54. The minimum absolute atomic E-state index is 0.0775. The molecule has 2 aromatic rings. The maximum absolute atomic E-state index is 13.7. The molecule has 39 heavy (non-hydrogen) atoms. The van der Waals surface area contributed by atoms with E-state index in [1.807, 2.05) is 44.2 Å². The first-order valence-corrected chi connectivity index (χ1v) is 14.3. The van der Waals surface area contributed by atoms with Gasteiger partial charge in [0.1, 0.15) is 19.2 Å². The summed E-state index contributed by atoms with van der Waals surface area (Å²) in [5.74, 6) is -1.87. The number of benzene rings is 1. The summed E-state index contributed by atoms with van der Waals surface area (Å²) in [6.07, 6.45) is 12.4. The van der Waals surface area contributed by atoms with E-state index in [4.69, 9.17) is 0 Å². The molecule has 1 aromatic carbocycles. The predicted octanol–water partition coefficient (Wildman–Crippen LogP) is 3.92. The fraction of sp³-hybridized carbons (Fsp3) is 0.621. The quantitative estimate of drug-likeness (QED) is 0.246. The number of hydroxylamine groups is 1. The SMILES string of the molecule is CC(C)C[C@@H](C(=O)NN(CCc1ccccc1)C(=O)Cn1cncn1)[C@H](CCCC1CCCCC1)C(=O)NO. The number of rotatable bonds is 14. The van der Waals surface area contributed by atoms with Gasteiger partial charge in [0, 0.05) is 6.54 Å². The zero-order chi connectivity index (χ0) is 28.0. The topological polar surface area (TPSA) is 129 Å². The Morgan fingerprint density at radius 3 is 2.46 bits per heavy atom. The van der Waals surface area contributed by atoms with Crippen LogP contribution < -0.4 is 10.9 Å². The van der Waals surface area contributed by atoms with Gasteiger partial charge in [-0.15, -0.1) is 0 Å². The molecule has 0 aliphatic heterocycles. The van der Waals surface area contributed by atoms with Crippen LogP contribution in [-0.2, 0) is 27.3 Å². The van der Waals surface area contributed by atoms with Crippen LogP contribution in [0, 0.1) is 23.7 Å². The zero-order valence-electron chi connectivity index (χ0n) is 23.3. The van der Waals surface area contributed by atoms with E-state index in [2.05, 4.69) is 15.5 Å². The maximum atomic E-state index is 13.7. The lowest BCUT2D eigenvalue weighted by Crippen LogP contribution is -2.52. The lowest BCUT2D eigenvalue weighted by atomic mass is 9.79. The number of hydrogen-bond donors (Lipinski definition) is 3. The lowest BCUT2D eigenvalue weighted by molar-refractivity contribution is -0.148. The molecule has 0 spiro atoms. The number of nitrogens with zero attached hydrogens (tertiary/aromatic N) is 4. The molecule has 0 unspecified atom stereocenters. The minimum Gasteiger partial charge on any atom is -0.289 e. The first kappa shape index (κ1) is 30.3. The third kappa shape index (κ3) is 10.1. The van der Waals surface area contributed by atoms with Gasteiger partial charge in [0.05, 0.1) is 11.8 Å². The monoisotopic (exact) mass is 540 g/mol. The van der Waals surface area contributed by atoms with Crippen molar-refractivity contribution in [1.29, 1.82) is 0 Å². The highest BCUT2D eigenvalue weighted by atomic mass is 16.5. The second kappa shape index (κ2) is 16.0. The Morgan fingerprint density at radius 1 is 1.08 bits per heavy atom. The summed E-state index contributed by atoms with van der Waals surface area (Å²) in [5.41, 5.74) is 5.65. The van der Waals surface area contributed by atoms with Gasteiger partial charge in [-0.05, 0) is 36.7 Å². The van der Waals surface area contributed by atoms with E-state index < -0.39 is 23.7 Å². The number of carbonyl (C=O) groups is 3. The van der Waals surface area contributed by atoms with Gasteiger partial charge in [0.25, 0.3) is 5.91 Å². The van der Waals surface area contributed by atoms with E-state index in [-0.39, 0.29) is 24.9 Å². The molecule has 214 valence electrons. The highest BCUT2D eigenvalue weighted by molar-refractivity contribution is 5.88. The van der Waals surface area contributed by atoms with Crippen LogP contribution in [0.5, 0.6) is 0 Å². The third-order valence-electron chi connectivity index (χ3n) is 7.62. The largest absolute Gasteiger partial charge is 0.289 e. The van der Waals surface area contributed by atoms with Crippen LogP contribution in [0.4, 0.5) is 0 Å². The van der Waals surface area contributed by atoms with E-state index in [9.17, 15) is 19.6 Å². The summed E-state index contributed by atoms with van der Waals surface area (Å²) in [6, 6.07) is 9.73. The summed E-state index contributed by atoms with van der Waals surface area (Å²) in [5, 5.41) is 14.9. The Bertz CT molecular complexity index is 1010. The third-order valence-corrected chi connectivity index (χ3v) is 7.62. The Kier molecular flexibility index (Phi) is 12.4. The van der Waals surface area contributed by atoms with Gasteiger partial charge in [-0.1, -0.05) is 89.1 Å². The highest BCUT2D eigenvalue weighted by Gasteiger charge is 2.35. The van der Waals surface area contributed by atoms with Gasteiger partial charge in [0.15, 0.2) is 0 Å². The molecule has 3 rings (SSSR count). The van der Waals surface area contributed by atoms with Crippen LogP contribution >= 0.6 is 0 Å². The van der Waals surface area contributed by atoms with Crippen LogP contribution in [0.2, 0.25) is 0 Å². The molecule has 1 heterocycles. The Balaban J connectivity index is 1.73. The molecule has 1 aliphatic carbocycles. The van der Waals surface area contributed by atoms with Crippen LogP contribution in [0.25, 0.3) is 0 Å². The van der Waals surface area contributed by atoms with Crippen molar-refractivity contribution in [2.45, 2.75) is 84.6 Å². The molecule has 0 bridgehead atoms. The normalized spacial score (nSPS) is 15.5. The van der Waals surface area contributed by atoms with Gasteiger partial charge in [-0.25, -0.2) is 15.1 Å². The van der Waals surface area contributed by atoms with Crippen molar-refractivity contribution in [2.75, 3.05) is 6.54 Å². The van der Waals surface area contributed by atoms with E-state index in [0.717, 1.165) is 18.4 Å². The van der Waals surface area contributed by atoms with Gasteiger partial charge >= 0.3 is 0 Å². The molecule has 1 aromatic heterocycles. The van der Waals surface area contributed by atoms with Gasteiger partial charge in [-0.3, -0.25) is 30.0 Å². The number of amides is 3. The molecular formula is C29H44N6O4. The molecule has 0 radical (unpaired) electrons. The lowest BCUT2D eigenvalue weighted by Gasteiger charge is -2.30. The molecule has 2 atom stereocenters. The van der Waals surface area contributed by atoms with E-state index in [1.54, 1.807) is 5.48 Å². The molecular weight excluding hydrogens is 496 g/mol. The summed E-state index contributed by atoms with van der Waals surface area (Å²) >= 11 is 0. The van der Waals surface area contributed by atoms with Crippen molar-refractivity contribution in [3.63, 3.8) is 0 Å². The van der Waals surface area contributed by atoms with Crippen molar-refractivity contribution in [2.24, 2.45) is 23.7 Å². The van der Waals surface area contributed by atoms with Crippen molar-refractivity contribution in [1.82, 2.24) is 30.7 Å². The summed E-state index contributed by atoms with van der Waals surface area (Å²) in [7, 11) is 0. The number of hydrogen-bond acceptors (Lipinski definition) is 6. The van der Waals surface area contributed by atoms with E-state index in [1.165, 1.54) is 54.4 Å². The summed E-state index contributed by atoms with van der Waals surface area (Å²) in [6.45, 7) is 4.18. The highest BCUT2D eigenvalue weighted by Crippen LogP contribution is 2.31. The van der Waals surface area contributed by atoms with E-state index in [0.29, 0.717) is 25.2 Å². The maximum Gasteiger partial charge on any atom is 0.262 e. The van der Waals surface area contributed by atoms with Crippen molar-refractivity contribution >= 4 is 17.7 Å². The van der Waals surface area contributed by atoms with Crippen LogP contribution in [-0.4, -0.2) is 49.2 Å². The molecule has 1 aliphatic rings. The van der Waals surface area contributed by atoms with Crippen LogP contribution in [0.3, 0.4) is 0 Å². The second-order valence-electron chi connectivity index (χ2n) is 11.1. The van der Waals surface area contributed by atoms with Gasteiger partial charge < -0.3 is 0 Å². The predicted molar refractivity (Wildman–Crippen MR) is 147 cm³/mol. The standard InChI is InChI=1S/C29H44N6O4/c1-22(2)18-26(25(29(38)33-39)15-9-14-23-10-5-3-6-11-23)28(37)32-35(17-16-24-12-7-4-8-13-24)27(36)19-34-21-30-20-31-34/h4,7-8,12-13,20-23,25-26,39H,3,5-6,9-11,14-19H2,1-2H3,(H,32,37)(H,33,38)/t25-,26+/m0/s1. The average Bonchev–Trinajstić information content (AvgIpc) is 3.46. The number of hydrazine groups is 1. The minimum atomic E-state index is -0.693. The average molecular weight is 541 g/mol. The summed E-state index contributed by atoms with van der Waals surface area (Å²) in [4.78, 5) is 43.7. The fourth-order valence-corrected chi connectivity index (χ4v) is 5.54. The van der Waals surface area contributed by atoms with Gasteiger partial charge in [0.2, 0.25) is 11.8 Å². The van der Waals surface area contributed by atoms with Crippen LogP contribution in [0.15, 0.2) is 43.0 Å². The van der Waals surface area contributed by atoms with Crippen molar-refractivity contribution < 1.29 is 19.6 Å². The molecule has 10 nitrogen and oxygen atoms in total. The van der Waals surface area contributed by atoms with Crippen molar-refractivity contribution in [3.8, 4) is 0 Å². The van der Waals surface area contributed by atoms with Crippen LogP contribution in [0.1, 0.15) is 77.2 Å². The first-order chi connectivity index (χ1) is 18.9. The molecule has 1 fully saturated rings. The molecule has 3 N–H and O–H groups in total. The Hall–Kier alpha value is -3.27. The summed E-state index contributed by atoms with van der Waals surface area (Å²) < 4.78 is 1.41. The number of nitrogens with one attached hydrogen (secondary N) is 2. The van der Waals surface area contributed by atoms with Gasteiger partial charge in [-0.2, -0.15) is 5.10 Å². The smallest absolute Gasteiger partial charge is 0.262 e. The Labute approximate surface area is 231 Å². The van der Waals surface area contributed by atoms with E-state index >= 15 is 0 Å². The molecule has 1 saturated carbocycles.